The van der Waals surface area contributed by atoms with Gasteiger partial charge in [-0.3, -0.25) is 14.4 Å². The van der Waals surface area contributed by atoms with Crippen molar-refractivity contribution < 1.29 is 29.4 Å². The second-order valence-corrected chi connectivity index (χ2v) is 9.64. The van der Waals surface area contributed by atoms with Crippen LogP contribution in [-0.2, 0) is 32.0 Å². The lowest BCUT2D eigenvalue weighted by molar-refractivity contribution is -0.142. The molecule has 0 radical (unpaired) electrons. The number of carbonyl (C=O) groups is 4. The van der Waals surface area contributed by atoms with Gasteiger partial charge in [-0.05, 0) is 48.6 Å². The van der Waals surface area contributed by atoms with Crippen LogP contribution in [0.15, 0.2) is 54.6 Å². The van der Waals surface area contributed by atoms with Crippen LogP contribution in [0.1, 0.15) is 24.5 Å². The Morgan fingerprint density at radius 2 is 1.32 bits per heavy atom. The number of carboxylic acid groups (broad SMARTS) is 1. The minimum Gasteiger partial charge on any atom is -0.508 e. The van der Waals surface area contributed by atoms with E-state index in [-0.39, 0.29) is 18.6 Å². The van der Waals surface area contributed by atoms with Gasteiger partial charge in [0.1, 0.15) is 23.9 Å². The molecule has 0 saturated heterocycles. The fraction of sp³-hybridized carbons (Fsp3) is 0.385. The van der Waals surface area contributed by atoms with E-state index < -0.39 is 47.9 Å². The van der Waals surface area contributed by atoms with Gasteiger partial charge >= 0.3 is 5.97 Å². The summed E-state index contributed by atoms with van der Waals surface area (Å²) >= 11 is 1.50. The zero-order valence-electron chi connectivity index (χ0n) is 20.8. The van der Waals surface area contributed by atoms with Crippen LogP contribution in [0.4, 0.5) is 0 Å². The average molecular weight is 531 g/mol. The number of amides is 3. The maximum atomic E-state index is 13.3. The van der Waals surface area contributed by atoms with Crippen molar-refractivity contribution in [3.05, 3.63) is 65.7 Å². The van der Waals surface area contributed by atoms with Gasteiger partial charge in [-0.2, -0.15) is 11.8 Å². The van der Waals surface area contributed by atoms with Crippen LogP contribution in [0.5, 0.6) is 5.75 Å². The van der Waals surface area contributed by atoms with Crippen molar-refractivity contribution in [2.45, 2.75) is 50.4 Å². The number of rotatable bonds is 14. The molecule has 200 valence electrons. The lowest BCUT2D eigenvalue weighted by atomic mass is 10.0. The lowest BCUT2D eigenvalue weighted by Gasteiger charge is -2.25. The second-order valence-electron chi connectivity index (χ2n) is 8.65. The first-order valence-corrected chi connectivity index (χ1v) is 13.2. The lowest BCUT2D eigenvalue weighted by Crippen LogP contribution is -2.57. The predicted octanol–water partition coefficient (Wildman–Crippen LogP) is 0.817. The molecule has 0 spiro atoms. The largest absolute Gasteiger partial charge is 0.508 e. The number of benzene rings is 2. The molecule has 0 aliphatic carbocycles. The predicted molar refractivity (Wildman–Crippen MR) is 142 cm³/mol. The Hall–Kier alpha value is -3.57. The van der Waals surface area contributed by atoms with Gasteiger partial charge in [0.2, 0.25) is 17.7 Å². The molecule has 10 nitrogen and oxygen atoms in total. The molecular formula is C26H34N4O6S. The molecule has 3 amide bonds. The van der Waals surface area contributed by atoms with Crippen LogP contribution in [-0.4, -0.2) is 70.1 Å². The van der Waals surface area contributed by atoms with E-state index >= 15 is 0 Å². The zero-order chi connectivity index (χ0) is 27.4. The van der Waals surface area contributed by atoms with Crippen LogP contribution in [0, 0.1) is 0 Å². The minimum atomic E-state index is -1.27. The van der Waals surface area contributed by atoms with Gasteiger partial charge in [-0.1, -0.05) is 42.5 Å². The Balaban J connectivity index is 2.23. The number of phenolic OH excluding ortho intramolecular Hbond substituents is 1. The number of carbonyl (C=O) groups excluding carboxylic acids is 3. The first-order chi connectivity index (χ1) is 17.6. The number of hydrogen-bond donors (Lipinski definition) is 6. The number of thioether (sulfide) groups is 1. The summed E-state index contributed by atoms with van der Waals surface area (Å²) in [5.41, 5.74) is 7.00. The highest BCUT2D eigenvalue weighted by atomic mass is 32.2. The van der Waals surface area contributed by atoms with Gasteiger partial charge in [-0.15, -0.1) is 0 Å². The topological polar surface area (TPSA) is 171 Å². The number of aliphatic carboxylic acids is 1. The summed E-state index contributed by atoms with van der Waals surface area (Å²) in [5, 5.41) is 27.0. The van der Waals surface area contributed by atoms with Crippen molar-refractivity contribution in [1.82, 2.24) is 16.0 Å². The molecule has 0 heterocycles. The van der Waals surface area contributed by atoms with Crippen molar-refractivity contribution >= 4 is 35.5 Å². The highest BCUT2D eigenvalue weighted by Crippen LogP contribution is 2.12. The summed E-state index contributed by atoms with van der Waals surface area (Å²) in [6.07, 6.45) is 2.28. The Kier molecular flexibility index (Phi) is 11.9. The first kappa shape index (κ1) is 29.7. The van der Waals surface area contributed by atoms with Gasteiger partial charge in [-0.25, -0.2) is 4.79 Å². The van der Waals surface area contributed by atoms with Crippen LogP contribution < -0.4 is 21.7 Å². The Morgan fingerprint density at radius 1 is 0.811 bits per heavy atom. The standard InChI is InChI=1S/C26H34N4O6S/c1-16(27)23(32)28-20(12-13-37-2)24(33)29-21(14-17-6-4-3-5-7-17)25(34)30-22(26(35)36)15-18-8-10-19(31)11-9-18/h3-11,16,20-22,31H,12-15,27H2,1-2H3,(H,28,32)(H,29,33)(H,30,34)(H,35,36). The second kappa shape index (κ2) is 14.9. The molecular weight excluding hydrogens is 496 g/mol. The number of nitrogens with two attached hydrogens (primary N) is 1. The minimum absolute atomic E-state index is 0.0197. The molecule has 2 aromatic carbocycles. The van der Waals surface area contributed by atoms with Crippen LogP contribution in [0.3, 0.4) is 0 Å². The maximum absolute atomic E-state index is 13.3. The molecule has 7 N–H and O–H groups in total. The monoisotopic (exact) mass is 530 g/mol. The van der Waals surface area contributed by atoms with E-state index in [1.165, 1.54) is 30.8 Å². The van der Waals surface area contributed by atoms with Crippen molar-refractivity contribution in [2.75, 3.05) is 12.0 Å². The number of carboxylic acids is 1. The van der Waals surface area contributed by atoms with Crippen molar-refractivity contribution in [3.63, 3.8) is 0 Å². The molecule has 0 aliphatic rings. The highest BCUT2D eigenvalue weighted by Gasteiger charge is 2.30. The summed E-state index contributed by atoms with van der Waals surface area (Å²) in [4.78, 5) is 50.5. The number of aromatic hydroxyl groups is 1. The summed E-state index contributed by atoms with van der Waals surface area (Å²) < 4.78 is 0. The van der Waals surface area contributed by atoms with Gasteiger partial charge in [0, 0.05) is 12.8 Å². The Labute approximate surface area is 220 Å². The maximum Gasteiger partial charge on any atom is 0.326 e. The Morgan fingerprint density at radius 3 is 1.89 bits per heavy atom. The number of nitrogens with one attached hydrogen (secondary N) is 3. The number of phenols is 1. The molecule has 11 heteroatoms. The van der Waals surface area contributed by atoms with Gasteiger partial charge in [0.15, 0.2) is 0 Å². The molecule has 0 bridgehead atoms. The molecule has 0 aromatic heterocycles. The van der Waals surface area contributed by atoms with E-state index in [1.807, 2.05) is 12.3 Å². The molecule has 2 aromatic rings. The summed E-state index contributed by atoms with van der Waals surface area (Å²) in [5.74, 6) is -2.36. The molecule has 4 atom stereocenters. The highest BCUT2D eigenvalue weighted by molar-refractivity contribution is 7.98. The summed E-state index contributed by atoms with van der Waals surface area (Å²) in [6.45, 7) is 1.50. The molecule has 0 aliphatic heterocycles. The smallest absolute Gasteiger partial charge is 0.326 e. The normalized spacial score (nSPS) is 14.0. The number of hydrogen-bond acceptors (Lipinski definition) is 7. The third-order valence-corrected chi connectivity index (χ3v) is 6.21. The molecule has 0 fully saturated rings. The van der Waals surface area contributed by atoms with Crippen molar-refractivity contribution in [3.8, 4) is 5.75 Å². The van der Waals surface area contributed by atoms with Crippen LogP contribution in [0.2, 0.25) is 0 Å². The molecule has 2 rings (SSSR count). The Bertz CT molecular complexity index is 1050. The summed E-state index contributed by atoms with van der Waals surface area (Å²) in [7, 11) is 0. The van der Waals surface area contributed by atoms with Crippen molar-refractivity contribution in [2.24, 2.45) is 5.73 Å². The summed E-state index contributed by atoms with van der Waals surface area (Å²) in [6, 6.07) is 10.9. The zero-order valence-corrected chi connectivity index (χ0v) is 21.7. The third-order valence-electron chi connectivity index (χ3n) is 5.56. The molecule has 37 heavy (non-hydrogen) atoms. The van der Waals surface area contributed by atoms with E-state index in [1.54, 1.807) is 36.4 Å². The van der Waals surface area contributed by atoms with Crippen LogP contribution >= 0.6 is 11.8 Å². The van der Waals surface area contributed by atoms with E-state index in [9.17, 15) is 29.4 Å². The first-order valence-electron chi connectivity index (χ1n) is 11.8. The fourth-order valence-electron chi connectivity index (χ4n) is 3.48. The van der Waals surface area contributed by atoms with Gasteiger partial charge in [0.25, 0.3) is 0 Å². The third kappa shape index (κ3) is 10.1. The van der Waals surface area contributed by atoms with E-state index in [0.717, 1.165) is 5.56 Å². The molecule has 0 saturated carbocycles. The molecule has 4 unspecified atom stereocenters. The van der Waals surface area contributed by atoms with E-state index in [4.69, 9.17) is 5.73 Å². The van der Waals surface area contributed by atoms with E-state index in [2.05, 4.69) is 16.0 Å². The van der Waals surface area contributed by atoms with E-state index in [0.29, 0.717) is 17.7 Å². The van der Waals surface area contributed by atoms with Crippen LogP contribution in [0.25, 0.3) is 0 Å². The average Bonchev–Trinajstić information content (AvgIpc) is 2.87. The quantitative estimate of drug-likeness (QED) is 0.208. The SMILES string of the molecule is CSCCC(NC(=O)C(C)N)C(=O)NC(Cc1ccccc1)C(=O)NC(Cc1ccc(O)cc1)C(=O)O. The van der Waals surface area contributed by atoms with Crippen molar-refractivity contribution in [1.29, 1.82) is 0 Å². The van der Waals surface area contributed by atoms with Gasteiger partial charge < -0.3 is 31.9 Å². The van der Waals surface area contributed by atoms with Gasteiger partial charge in [0.05, 0.1) is 6.04 Å². The fourth-order valence-corrected chi connectivity index (χ4v) is 3.95.